The van der Waals surface area contributed by atoms with Gasteiger partial charge in [-0.15, -0.1) is 0 Å². The molecule has 4 nitrogen and oxygen atoms in total. The minimum Gasteiger partial charge on any atom is -0.334 e. The highest BCUT2D eigenvalue weighted by Gasteiger charge is 2.22. The van der Waals surface area contributed by atoms with Gasteiger partial charge >= 0.3 is 6.03 Å². The summed E-state index contributed by atoms with van der Waals surface area (Å²) in [4.78, 5) is 11.8. The Bertz CT molecular complexity index is 424. The second-order valence-corrected chi connectivity index (χ2v) is 4.57. The highest BCUT2D eigenvalue weighted by atomic mass is 19.1. The minimum atomic E-state index is -0.428. The van der Waals surface area contributed by atoms with Crippen molar-refractivity contribution in [3.05, 3.63) is 30.1 Å². The third kappa shape index (κ3) is 3.20. The van der Waals surface area contributed by atoms with Crippen molar-refractivity contribution >= 4 is 11.7 Å². The predicted octanol–water partition coefficient (Wildman–Crippen LogP) is 2.09. The van der Waals surface area contributed by atoms with Crippen molar-refractivity contribution in [3.63, 3.8) is 0 Å². The second-order valence-electron chi connectivity index (χ2n) is 4.57. The number of para-hydroxylation sites is 1. The van der Waals surface area contributed by atoms with Gasteiger partial charge in [-0.05, 0) is 38.4 Å². The van der Waals surface area contributed by atoms with E-state index < -0.39 is 5.82 Å². The topological polar surface area (TPSA) is 53.2 Å². The van der Waals surface area contributed by atoms with E-state index in [0.717, 1.165) is 19.4 Å². The molecule has 1 heterocycles. The number of halogens is 1. The highest BCUT2D eigenvalue weighted by molar-refractivity contribution is 5.89. The van der Waals surface area contributed by atoms with E-state index >= 15 is 0 Å². The summed E-state index contributed by atoms with van der Waals surface area (Å²) in [5.41, 5.74) is 0.200. The fourth-order valence-corrected chi connectivity index (χ4v) is 2.13. The zero-order valence-electron chi connectivity index (χ0n) is 10.4. The summed E-state index contributed by atoms with van der Waals surface area (Å²) in [5, 5.41) is 8.69. The Kier molecular flexibility index (Phi) is 4.15. The molecule has 0 bridgehead atoms. The summed E-state index contributed by atoms with van der Waals surface area (Å²) in [5.74, 6) is -0.428. The molecule has 2 amide bonds. The van der Waals surface area contributed by atoms with E-state index in [1.54, 1.807) is 12.1 Å². The molecule has 3 N–H and O–H groups in total. The second kappa shape index (κ2) is 5.82. The lowest BCUT2D eigenvalue weighted by Gasteiger charge is -2.30. The Hall–Kier alpha value is -1.62. The summed E-state index contributed by atoms with van der Waals surface area (Å²) >= 11 is 0. The van der Waals surface area contributed by atoms with E-state index in [9.17, 15) is 9.18 Å². The van der Waals surface area contributed by atoms with Crippen molar-refractivity contribution in [1.82, 2.24) is 10.6 Å². The van der Waals surface area contributed by atoms with Crippen LogP contribution in [0.25, 0.3) is 0 Å². The van der Waals surface area contributed by atoms with Crippen LogP contribution in [0.1, 0.15) is 19.8 Å². The third-order valence-corrected chi connectivity index (χ3v) is 3.20. The average molecular weight is 251 g/mol. The molecule has 1 aromatic rings. The number of piperidine rings is 1. The zero-order chi connectivity index (χ0) is 13.0. The average Bonchev–Trinajstić information content (AvgIpc) is 2.35. The van der Waals surface area contributed by atoms with Crippen LogP contribution in [0.2, 0.25) is 0 Å². The van der Waals surface area contributed by atoms with Gasteiger partial charge in [-0.3, -0.25) is 0 Å². The smallest absolute Gasteiger partial charge is 0.319 e. The number of amides is 2. The van der Waals surface area contributed by atoms with Gasteiger partial charge in [-0.25, -0.2) is 9.18 Å². The largest absolute Gasteiger partial charge is 0.334 e. The van der Waals surface area contributed by atoms with Crippen LogP contribution in [0, 0.1) is 5.82 Å². The molecule has 0 aromatic heterocycles. The maximum Gasteiger partial charge on any atom is 0.319 e. The number of hydrogen-bond acceptors (Lipinski definition) is 2. The highest BCUT2D eigenvalue weighted by Crippen LogP contribution is 2.13. The van der Waals surface area contributed by atoms with Gasteiger partial charge in [0.1, 0.15) is 5.82 Å². The number of urea groups is 1. The lowest BCUT2D eigenvalue weighted by atomic mass is 10.0. The molecule has 2 atom stereocenters. The van der Waals surface area contributed by atoms with Crippen LogP contribution in [-0.2, 0) is 0 Å². The number of hydrogen-bond donors (Lipinski definition) is 3. The lowest BCUT2D eigenvalue weighted by molar-refractivity contribution is 0.239. The van der Waals surface area contributed by atoms with Crippen LogP contribution in [-0.4, -0.2) is 24.7 Å². The van der Waals surface area contributed by atoms with Gasteiger partial charge in [-0.1, -0.05) is 12.1 Å². The lowest BCUT2D eigenvalue weighted by Crippen LogP contribution is -2.52. The number of carbonyl (C=O) groups is 1. The number of benzene rings is 1. The minimum absolute atomic E-state index is 0.0884. The molecule has 18 heavy (non-hydrogen) atoms. The molecule has 2 unspecified atom stereocenters. The summed E-state index contributed by atoms with van der Waals surface area (Å²) in [7, 11) is 0. The first kappa shape index (κ1) is 12.8. The van der Waals surface area contributed by atoms with Crippen LogP contribution < -0.4 is 16.0 Å². The Morgan fingerprint density at radius 3 is 2.94 bits per heavy atom. The van der Waals surface area contributed by atoms with E-state index in [1.165, 1.54) is 12.1 Å². The van der Waals surface area contributed by atoms with E-state index in [1.807, 2.05) is 6.92 Å². The summed E-state index contributed by atoms with van der Waals surface area (Å²) in [6.45, 7) is 3.02. The standard InChI is InChI=1S/C13H18FN3O/c1-9-11(7-4-8-15-9)16-13(18)17-12-6-3-2-5-10(12)14/h2-3,5-6,9,11,15H,4,7-8H2,1H3,(H2,16,17,18). The number of nitrogens with one attached hydrogen (secondary N) is 3. The molecule has 98 valence electrons. The molecule has 1 aromatic carbocycles. The normalized spacial score (nSPS) is 23.4. The van der Waals surface area contributed by atoms with E-state index in [-0.39, 0.29) is 23.8 Å². The van der Waals surface area contributed by atoms with Crippen molar-refractivity contribution in [2.45, 2.75) is 31.8 Å². The van der Waals surface area contributed by atoms with E-state index in [4.69, 9.17) is 0 Å². The monoisotopic (exact) mass is 251 g/mol. The molecule has 0 aliphatic carbocycles. The fourth-order valence-electron chi connectivity index (χ4n) is 2.13. The Labute approximate surface area is 106 Å². The quantitative estimate of drug-likeness (QED) is 0.754. The van der Waals surface area contributed by atoms with Gasteiger partial charge < -0.3 is 16.0 Å². The fraction of sp³-hybridized carbons (Fsp3) is 0.462. The molecule has 0 radical (unpaired) electrons. The van der Waals surface area contributed by atoms with Crippen molar-refractivity contribution in [2.75, 3.05) is 11.9 Å². The first-order valence-corrected chi connectivity index (χ1v) is 6.22. The van der Waals surface area contributed by atoms with Gasteiger partial charge in [-0.2, -0.15) is 0 Å². The Balaban J connectivity index is 1.90. The number of rotatable bonds is 2. The molecule has 0 saturated carbocycles. The summed E-state index contributed by atoms with van der Waals surface area (Å²) in [6, 6.07) is 6.10. The molecule has 0 spiro atoms. The molecule has 1 fully saturated rings. The predicted molar refractivity (Wildman–Crippen MR) is 69.0 cm³/mol. The van der Waals surface area contributed by atoms with Gasteiger partial charge in [0.25, 0.3) is 0 Å². The van der Waals surface area contributed by atoms with Crippen LogP contribution in [0.4, 0.5) is 14.9 Å². The van der Waals surface area contributed by atoms with Crippen molar-refractivity contribution in [1.29, 1.82) is 0 Å². The first-order valence-electron chi connectivity index (χ1n) is 6.22. The van der Waals surface area contributed by atoms with Crippen molar-refractivity contribution in [3.8, 4) is 0 Å². The summed E-state index contributed by atoms with van der Waals surface area (Å²) < 4.78 is 13.4. The van der Waals surface area contributed by atoms with Gasteiger partial charge in [0, 0.05) is 12.1 Å². The van der Waals surface area contributed by atoms with Crippen LogP contribution in [0.5, 0.6) is 0 Å². The van der Waals surface area contributed by atoms with Crippen molar-refractivity contribution in [2.24, 2.45) is 0 Å². The van der Waals surface area contributed by atoms with Crippen molar-refractivity contribution < 1.29 is 9.18 Å². The van der Waals surface area contributed by atoms with E-state index in [0.29, 0.717) is 0 Å². The number of carbonyl (C=O) groups excluding carboxylic acids is 1. The van der Waals surface area contributed by atoms with Gasteiger partial charge in [0.05, 0.1) is 5.69 Å². The Morgan fingerprint density at radius 2 is 2.22 bits per heavy atom. The summed E-state index contributed by atoms with van der Waals surface area (Å²) in [6.07, 6.45) is 1.98. The first-order chi connectivity index (χ1) is 8.66. The Morgan fingerprint density at radius 1 is 1.44 bits per heavy atom. The molecule has 2 rings (SSSR count). The molecule has 1 aliphatic heterocycles. The van der Waals surface area contributed by atoms with Crippen LogP contribution in [0.15, 0.2) is 24.3 Å². The molecule has 1 saturated heterocycles. The van der Waals surface area contributed by atoms with Gasteiger partial charge in [0.2, 0.25) is 0 Å². The van der Waals surface area contributed by atoms with Gasteiger partial charge in [0.15, 0.2) is 0 Å². The molecule has 5 heteroatoms. The third-order valence-electron chi connectivity index (χ3n) is 3.20. The molecule has 1 aliphatic rings. The van der Waals surface area contributed by atoms with Crippen LogP contribution in [0.3, 0.4) is 0 Å². The maximum absolute atomic E-state index is 13.4. The van der Waals surface area contributed by atoms with Crippen LogP contribution >= 0.6 is 0 Å². The molecular formula is C13H18FN3O. The zero-order valence-corrected chi connectivity index (χ0v) is 10.4. The van der Waals surface area contributed by atoms with E-state index in [2.05, 4.69) is 16.0 Å². The maximum atomic E-state index is 13.4. The number of anilines is 1. The molecular weight excluding hydrogens is 233 g/mol. The SMILES string of the molecule is CC1NCCCC1NC(=O)Nc1ccccc1F.